The van der Waals surface area contributed by atoms with Crippen molar-refractivity contribution in [1.82, 2.24) is 0 Å². The second-order valence-corrected chi connectivity index (χ2v) is 5.84. The summed E-state index contributed by atoms with van der Waals surface area (Å²) < 4.78 is 22.2. The van der Waals surface area contributed by atoms with E-state index in [1.807, 2.05) is 6.07 Å². The van der Waals surface area contributed by atoms with Crippen molar-refractivity contribution in [2.24, 2.45) is 5.14 Å². The van der Waals surface area contributed by atoms with Crippen molar-refractivity contribution in [3.63, 3.8) is 0 Å². The molecule has 0 atom stereocenters. The van der Waals surface area contributed by atoms with Gasteiger partial charge in [0.25, 0.3) is 0 Å². The van der Waals surface area contributed by atoms with Gasteiger partial charge in [0.1, 0.15) is 0 Å². The highest BCUT2D eigenvalue weighted by molar-refractivity contribution is 7.89. The van der Waals surface area contributed by atoms with Gasteiger partial charge in [-0.05, 0) is 24.3 Å². The van der Waals surface area contributed by atoms with E-state index in [0.29, 0.717) is 11.3 Å². The molecule has 0 aliphatic rings. The first-order valence-electron chi connectivity index (χ1n) is 6.12. The fourth-order valence-corrected chi connectivity index (χ4v) is 2.17. The van der Waals surface area contributed by atoms with Gasteiger partial charge in [0.15, 0.2) is 5.78 Å². The Kier molecular flexibility index (Phi) is 4.52. The molecule has 0 spiro atoms. The smallest absolute Gasteiger partial charge is 0.238 e. The van der Waals surface area contributed by atoms with Crippen molar-refractivity contribution < 1.29 is 13.2 Å². The highest BCUT2D eigenvalue weighted by atomic mass is 32.2. The van der Waals surface area contributed by atoms with Gasteiger partial charge in [-0.2, -0.15) is 0 Å². The number of rotatable bonds is 5. The predicted molar refractivity (Wildman–Crippen MR) is 81.4 cm³/mol. The summed E-state index contributed by atoms with van der Waals surface area (Å²) in [6.07, 6.45) is 2.91. The zero-order chi connectivity index (χ0) is 15.3. The number of ketones is 1. The van der Waals surface area contributed by atoms with E-state index in [-0.39, 0.29) is 10.7 Å². The van der Waals surface area contributed by atoms with E-state index in [0.717, 1.165) is 0 Å². The van der Waals surface area contributed by atoms with Crippen LogP contribution in [0.4, 0.5) is 5.69 Å². The number of anilines is 1. The number of hydrogen-bond donors (Lipinski definition) is 2. The summed E-state index contributed by atoms with van der Waals surface area (Å²) in [7, 11) is -3.69. The van der Waals surface area contributed by atoms with E-state index in [1.165, 1.54) is 24.4 Å². The number of sulfonamides is 1. The highest BCUT2D eigenvalue weighted by Crippen LogP contribution is 2.12. The van der Waals surface area contributed by atoms with E-state index in [1.54, 1.807) is 36.4 Å². The van der Waals surface area contributed by atoms with Crippen LogP contribution in [0.15, 0.2) is 71.8 Å². The number of hydrogen-bond acceptors (Lipinski definition) is 4. The summed E-state index contributed by atoms with van der Waals surface area (Å²) in [5, 5.41) is 7.89. The topological polar surface area (TPSA) is 89.3 Å². The number of primary sulfonamides is 1. The van der Waals surface area contributed by atoms with Gasteiger partial charge in [-0.25, -0.2) is 13.6 Å². The minimum Gasteiger partial charge on any atom is -0.362 e. The summed E-state index contributed by atoms with van der Waals surface area (Å²) in [6.45, 7) is 0. The van der Waals surface area contributed by atoms with Crippen LogP contribution >= 0.6 is 0 Å². The molecule has 0 aliphatic heterocycles. The fraction of sp³-hybridized carbons (Fsp3) is 0. The van der Waals surface area contributed by atoms with Crippen LogP contribution < -0.4 is 10.5 Å². The van der Waals surface area contributed by atoms with Crippen LogP contribution in [0.5, 0.6) is 0 Å². The number of nitrogens with one attached hydrogen (secondary N) is 1. The van der Waals surface area contributed by atoms with Crippen molar-refractivity contribution in [2.45, 2.75) is 4.90 Å². The third-order valence-electron chi connectivity index (χ3n) is 2.73. The third-order valence-corrected chi connectivity index (χ3v) is 3.66. The van der Waals surface area contributed by atoms with Crippen LogP contribution in [0.25, 0.3) is 0 Å². The molecule has 0 amide bonds. The fourth-order valence-electron chi connectivity index (χ4n) is 1.65. The summed E-state index contributed by atoms with van der Waals surface area (Å²) in [5.41, 5.74) is 1.25. The Morgan fingerprint density at radius 1 is 1.00 bits per heavy atom. The lowest BCUT2D eigenvalue weighted by Crippen LogP contribution is -2.11. The first kappa shape index (κ1) is 15.0. The van der Waals surface area contributed by atoms with Gasteiger partial charge in [-0.15, -0.1) is 0 Å². The molecule has 3 N–H and O–H groups in total. The van der Waals surface area contributed by atoms with Crippen LogP contribution in [0, 0.1) is 0 Å². The normalized spacial score (nSPS) is 11.5. The lowest BCUT2D eigenvalue weighted by atomic mass is 10.1. The maximum Gasteiger partial charge on any atom is 0.238 e. The molecule has 0 heterocycles. The van der Waals surface area contributed by atoms with Crippen LogP contribution in [-0.2, 0) is 10.0 Å². The van der Waals surface area contributed by atoms with Crippen LogP contribution in [0.1, 0.15) is 10.4 Å². The second kappa shape index (κ2) is 6.34. The van der Waals surface area contributed by atoms with E-state index in [2.05, 4.69) is 5.32 Å². The highest BCUT2D eigenvalue weighted by Gasteiger charge is 2.06. The van der Waals surface area contributed by atoms with E-state index in [4.69, 9.17) is 5.14 Å². The molecule has 2 rings (SSSR count). The van der Waals surface area contributed by atoms with Crippen LogP contribution in [-0.4, -0.2) is 14.2 Å². The first-order chi connectivity index (χ1) is 9.97. The number of allylic oxidation sites excluding steroid dienone is 1. The van der Waals surface area contributed by atoms with Gasteiger partial charge in [-0.3, -0.25) is 4.79 Å². The van der Waals surface area contributed by atoms with Crippen molar-refractivity contribution in [1.29, 1.82) is 0 Å². The molecule has 0 fully saturated rings. The molecule has 0 radical (unpaired) electrons. The predicted octanol–water partition coefficient (Wildman–Crippen LogP) is 2.14. The first-order valence-corrected chi connectivity index (χ1v) is 7.67. The monoisotopic (exact) mass is 302 g/mol. The van der Waals surface area contributed by atoms with Crippen LogP contribution in [0.2, 0.25) is 0 Å². The van der Waals surface area contributed by atoms with Crippen molar-refractivity contribution in [3.8, 4) is 0 Å². The van der Waals surface area contributed by atoms with Gasteiger partial charge in [-0.1, -0.05) is 30.3 Å². The Morgan fingerprint density at radius 3 is 2.19 bits per heavy atom. The molecule has 0 bridgehead atoms. The largest absolute Gasteiger partial charge is 0.362 e. The lowest BCUT2D eigenvalue weighted by Gasteiger charge is -2.02. The molecule has 2 aromatic rings. The SMILES string of the molecule is NS(=O)(=O)c1ccc(N/C=C/C(=O)c2ccccc2)cc1. The number of carbonyl (C=O) groups excluding carboxylic acids is 1. The zero-order valence-electron chi connectivity index (χ0n) is 11.1. The molecule has 0 aromatic heterocycles. The lowest BCUT2D eigenvalue weighted by molar-refractivity contribution is 0.104. The quantitative estimate of drug-likeness (QED) is 0.654. The van der Waals surface area contributed by atoms with E-state index >= 15 is 0 Å². The summed E-state index contributed by atoms with van der Waals surface area (Å²) >= 11 is 0. The van der Waals surface area contributed by atoms with Gasteiger partial charge in [0, 0.05) is 23.5 Å². The third kappa shape index (κ3) is 4.27. The minimum atomic E-state index is -3.69. The van der Waals surface area contributed by atoms with Gasteiger partial charge in [0.05, 0.1) is 4.90 Å². The van der Waals surface area contributed by atoms with Gasteiger partial charge < -0.3 is 5.32 Å². The Hall–Kier alpha value is -2.44. The maximum atomic E-state index is 11.8. The van der Waals surface area contributed by atoms with Crippen molar-refractivity contribution in [3.05, 3.63) is 72.4 Å². The van der Waals surface area contributed by atoms with Gasteiger partial charge >= 0.3 is 0 Å². The summed E-state index contributed by atoms with van der Waals surface area (Å²) in [4.78, 5) is 11.8. The van der Waals surface area contributed by atoms with Crippen LogP contribution in [0.3, 0.4) is 0 Å². The van der Waals surface area contributed by atoms with E-state index < -0.39 is 10.0 Å². The molecule has 108 valence electrons. The summed E-state index contributed by atoms with van der Waals surface area (Å²) in [6, 6.07) is 14.8. The molecule has 21 heavy (non-hydrogen) atoms. The number of carbonyl (C=O) groups is 1. The molecular formula is C15H14N2O3S. The van der Waals surface area contributed by atoms with E-state index in [9.17, 15) is 13.2 Å². The second-order valence-electron chi connectivity index (χ2n) is 4.28. The Morgan fingerprint density at radius 2 is 1.62 bits per heavy atom. The molecule has 6 heteroatoms. The van der Waals surface area contributed by atoms with Gasteiger partial charge in [0.2, 0.25) is 10.0 Å². The maximum absolute atomic E-state index is 11.8. The summed E-state index contributed by atoms with van der Waals surface area (Å²) in [5.74, 6) is -0.121. The molecule has 2 aromatic carbocycles. The Balaban J connectivity index is 2.00. The van der Waals surface area contributed by atoms with Crippen molar-refractivity contribution >= 4 is 21.5 Å². The molecule has 5 nitrogen and oxygen atoms in total. The Labute approximate surface area is 123 Å². The average molecular weight is 302 g/mol. The average Bonchev–Trinajstić information content (AvgIpc) is 2.47. The minimum absolute atomic E-state index is 0.0393. The number of nitrogens with two attached hydrogens (primary N) is 1. The standard InChI is InChI=1S/C15H14N2O3S/c16-21(19,20)14-8-6-13(7-9-14)17-11-10-15(18)12-4-2-1-3-5-12/h1-11,17H,(H2,16,19,20)/b11-10+. The molecule has 0 saturated carbocycles. The molecular weight excluding hydrogens is 288 g/mol. The molecule has 0 aliphatic carbocycles. The molecule has 0 saturated heterocycles. The number of benzene rings is 2. The zero-order valence-corrected chi connectivity index (χ0v) is 11.9. The molecule has 0 unspecified atom stereocenters. The Bertz CT molecular complexity index is 751. The van der Waals surface area contributed by atoms with Crippen molar-refractivity contribution in [2.75, 3.05) is 5.32 Å².